The van der Waals surface area contributed by atoms with Gasteiger partial charge in [0, 0.05) is 56.7 Å². The fourth-order valence-electron chi connectivity index (χ4n) is 6.94. The minimum atomic E-state index is -0.563. The summed E-state index contributed by atoms with van der Waals surface area (Å²) in [7, 11) is 1.81. The lowest BCUT2D eigenvalue weighted by Crippen LogP contribution is -2.73. The molecule has 0 amide bonds. The molecular formula is C24H28ClN5O2. The highest BCUT2D eigenvalue weighted by molar-refractivity contribution is 6.34. The quantitative estimate of drug-likeness (QED) is 0.651. The van der Waals surface area contributed by atoms with Crippen molar-refractivity contribution in [1.29, 1.82) is 0 Å². The molecule has 3 atom stereocenters. The molecule has 1 saturated heterocycles. The number of anilines is 1. The maximum absolute atomic E-state index is 10.9. The van der Waals surface area contributed by atoms with Crippen LogP contribution < -0.4 is 4.90 Å². The summed E-state index contributed by atoms with van der Waals surface area (Å²) in [5.41, 5.74) is 2.67. The van der Waals surface area contributed by atoms with Gasteiger partial charge in [-0.3, -0.25) is 4.68 Å². The molecule has 8 heteroatoms. The van der Waals surface area contributed by atoms with E-state index in [1.165, 1.54) is 0 Å². The molecule has 5 aliphatic rings. The molecule has 3 aromatic rings. The summed E-state index contributed by atoms with van der Waals surface area (Å²) in [6, 6.07) is 4.17. The Balaban J connectivity index is 1.23. The van der Waals surface area contributed by atoms with E-state index in [4.69, 9.17) is 16.3 Å². The number of piperidine rings is 1. The summed E-state index contributed by atoms with van der Waals surface area (Å²) in [5, 5.41) is 22.0. The van der Waals surface area contributed by atoms with Gasteiger partial charge in [0.2, 0.25) is 0 Å². The predicted octanol–water partition coefficient (Wildman–Crippen LogP) is 3.75. The fraction of sp³-hybridized carbons (Fsp3) is 0.583. The van der Waals surface area contributed by atoms with Crippen molar-refractivity contribution in [3.05, 3.63) is 35.7 Å². The third kappa shape index (κ3) is 2.39. The van der Waals surface area contributed by atoms with E-state index in [0.717, 1.165) is 72.5 Å². The van der Waals surface area contributed by atoms with Crippen molar-refractivity contribution < 1.29 is 9.84 Å². The Labute approximate surface area is 191 Å². The first kappa shape index (κ1) is 19.4. The summed E-state index contributed by atoms with van der Waals surface area (Å²) in [6.07, 6.45) is 11.2. The smallest absolute Gasteiger partial charge is 0.103 e. The van der Waals surface area contributed by atoms with Gasteiger partial charge in [-0.2, -0.15) is 10.2 Å². The van der Waals surface area contributed by atoms with E-state index in [2.05, 4.69) is 32.0 Å². The predicted molar refractivity (Wildman–Crippen MR) is 122 cm³/mol. The van der Waals surface area contributed by atoms with Gasteiger partial charge in [-0.25, -0.2) is 4.68 Å². The molecule has 1 aliphatic heterocycles. The van der Waals surface area contributed by atoms with Crippen LogP contribution in [0.5, 0.6) is 0 Å². The molecule has 8 rings (SSSR count). The second-order valence-corrected chi connectivity index (χ2v) is 11.2. The Hall–Kier alpha value is -2.09. The molecule has 0 radical (unpaired) electrons. The minimum absolute atomic E-state index is 0.0919. The molecule has 1 N–H and O–H groups in total. The van der Waals surface area contributed by atoms with Crippen molar-refractivity contribution in [2.24, 2.45) is 11.8 Å². The van der Waals surface area contributed by atoms with Crippen LogP contribution >= 0.6 is 11.6 Å². The zero-order valence-corrected chi connectivity index (χ0v) is 19.2. The first-order valence-corrected chi connectivity index (χ1v) is 12.0. The zero-order chi connectivity index (χ0) is 21.9. The molecule has 4 saturated carbocycles. The van der Waals surface area contributed by atoms with Crippen LogP contribution in [0.15, 0.2) is 30.7 Å². The highest BCUT2D eigenvalue weighted by Gasteiger charge is 2.70. The summed E-state index contributed by atoms with van der Waals surface area (Å²) in [4.78, 5) is 2.36. The number of aliphatic hydroxyl groups is 1. The number of rotatable bonds is 4. The largest absolute Gasteiger partial charge is 0.389 e. The van der Waals surface area contributed by atoms with Gasteiger partial charge in [0.1, 0.15) is 5.69 Å². The van der Waals surface area contributed by atoms with E-state index in [1.807, 2.05) is 37.2 Å². The van der Waals surface area contributed by atoms with E-state index < -0.39 is 5.60 Å². The SMILES string of the molecule is COC12CC(n3cc(-n4ncc5cc(Cl)c(N6C[C@H]7CC[C@@H](C6)C7(C)O)cc54)cn3)(C1)C2. The Morgan fingerprint density at radius 2 is 1.81 bits per heavy atom. The minimum Gasteiger partial charge on any atom is -0.389 e. The lowest BCUT2D eigenvalue weighted by Gasteiger charge is -2.68. The number of hydrogen-bond acceptors (Lipinski definition) is 5. The highest BCUT2D eigenvalue weighted by Crippen LogP contribution is 2.66. The number of hydrogen-bond donors (Lipinski definition) is 1. The first-order chi connectivity index (χ1) is 15.3. The monoisotopic (exact) mass is 453 g/mol. The Morgan fingerprint density at radius 3 is 2.50 bits per heavy atom. The standard InChI is InChI=1S/C24H28ClN5O2/c1-22(31)16-3-4-17(22)10-28(9-16)21-6-20-15(5-19(21)25)7-27-30(20)18-8-26-29(11-18)23-12-24(13-23,14-23)32-2/h5-8,11,16-17,31H,3-4,9-10,12-14H2,1-2H3/t16-,17+,22?,23?,24?. The van der Waals surface area contributed by atoms with Gasteiger partial charge >= 0.3 is 0 Å². The van der Waals surface area contributed by atoms with Crippen LogP contribution in [0.4, 0.5) is 5.69 Å². The van der Waals surface area contributed by atoms with E-state index in [0.29, 0.717) is 11.8 Å². The number of nitrogens with zero attached hydrogens (tertiary/aromatic N) is 5. The zero-order valence-electron chi connectivity index (χ0n) is 18.5. The normalized spacial score (nSPS) is 37.6. The number of aromatic nitrogens is 4. The van der Waals surface area contributed by atoms with E-state index in [1.54, 1.807) is 0 Å². The lowest BCUT2D eigenvalue weighted by molar-refractivity contribution is -0.265. The molecule has 7 nitrogen and oxygen atoms in total. The van der Waals surface area contributed by atoms with Gasteiger partial charge in [0.15, 0.2) is 0 Å². The Morgan fingerprint density at radius 1 is 1.09 bits per heavy atom. The summed E-state index contributed by atoms with van der Waals surface area (Å²) in [6.45, 7) is 3.68. The topological polar surface area (TPSA) is 68.3 Å². The van der Waals surface area contributed by atoms with Crippen LogP contribution in [0.3, 0.4) is 0 Å². The van der Waals surface area contributed by atoms with Gasteiger partial charge in [-0.1, -0.05) is 11.6 Å². The van der Waals surface area contributed by atoms with Crippen LogP contribution in [0.2, 0.25) is 5.02 Å². The number of fused-ring (bicyclic) bond motifs is 3. The summed E-state index contributed by atoms with van der Waals surface area (Å²) >= 11 is 6.73. The molecular weight excluding hydrogens is 426 g/mol. The third-order valence-electron chi connectivity index (χ3n) is 9.06. The van der Waals surface area contributed by atoms with Crippen molar-refractivity contribution in [3.8, 4) is 5.69 Å². The third-order valence-corrected chi connectivity index (χ3v) is 9.36. The average molecular weight is 454 g/mol. The molecule has 1 aromatic carbocycles. The molecule has 4 aliphatic carbocycles. The number of methoxy groups -OCH3 is 1. The van der Waals surface area contributed by atoms with Crippen molar-refractivity contribution in [2.75, 3.05) is 25.1 Å². The van der Waals surface area contributed by atoms with Gasteiger partial charge in [0.05, 0.1) is 51.6 Å². The summed E-state index contributed by atoms with van der Waals surface area (Å²) < 4.78 is 9.72. The molecule has 4 bridgehead atoms. The molecule has 3 heterocycles. The van der Waals surface area contributed by atoms with Gasteiger partial charge in [-0.15, -0.1) is 0 Å². The number of benzene rings is 1. The highest BCUT2D eigenvalue weighted by atomic mass is 35.5. The van der Waals surface area contributed by atoms with Crippen LogP contribution in [-0.4, -0.2) is 56.1 Å². The second kappa shape index (κ2) is 6.07. The Bertz CT molecular complexity index is 1210. The molecule has 0 spiro atoms. The van der Waals surface area contributed by atoms with E-state index in [-0.39, 0.29) is 11.1 Å². The number of halogens is 1. The molecule has 1 unspecified atom stereocenters. The van der Waals surface area contributed by atoms with E-state index >= 15 is 0 Å². The van der Waals surface area contributed by atoms with Crippen LogP contribution in [0.25, 0.3) is 16.6 Å². The molecule has 5 fully saturated rings. The number of ether oxygens (including phenoxy) is 1. The lowest BCUT2D eigenvalue weighted by atomic mass is 9.46. The van der Waals surface area contributed by atoms with Gasteiger partial charge < -0.3 is 14.7 Å². The maximum Gasteiger partial charge on any atom is 0.103 e. The van der Waals surface area contributed by atoms with Gasteiger partial charge in [-0.05, 0) is 31.9 Å². The first-order valence-electron chi connectivity index (χ1n) is 11.6. The van der Waals surface area contributed by atoms with Crippen LogP contribution in [0.1, 0.15) is 39.0 Å². The van der Waals surface area contributed by atoms with Crippen LogP contribution in [-0.2, 0) is 10.3 Å². The Kier molecular flexibility index (Phi) is 3.68. The second-order valence-electron chi connectivity index (χ2n) is 10.8. The van der Waals surface area contributed by atoms with Gasteiger partial charge in [0.25, 0.3) is 0 Å². The molecule has 2 aromatic heterocycles. The molecule has 168 valence electrons. The van der Waals surface area contributed by atoms with Crippen molar-refractivity contribution in [1.82, 2.24) is 19.6 Å². The molecule has 32 heavy (non-hydrogen) atoms. The van der Waals surface area contributed by atoms with Crippen LogP contribution in [0, 0.1) is 11.8 Å². The van der Waals surface area contributed by atoms with E-state index in [9.17, 15) is 5.11 Å². The maximum atomic E-state index is 10.9. The van der Waals surface area contributed by atoms with Crippen molar-refractivity contribution >= 4 is 28.2 Å². The summed E-state index contributed by atoms with van der Waals surface area (Å²) in [5.74, 6) is 0.583. The van der Waals surface area contributed by atoms with Crippen molar-refractivity contribution in [2.45, 2.75) is 55.8 Å². The van der Waals surface area contributed by atoms with Crippen molar-refractivity contribution in [3.63, 3.8) is 0 Å². The average Bonchev–Trinajstić information content (AvgIpc) is 3.33. The fourth-order valence-corrected chi connectivity index (χ4v) is 7.24.